The van der Waals surface area contributed by atoms with Crippen molar-refractivity contribution in [3.05, 3.63) is 89.2 Å². The molecular weight excluding hydrogens is 315 g/mol. The van der Waals surface area contributed by atoms with Crippen molar-refractivity contribution in [2.45, 2.75) is 0 Å². The molecule has 0 atom stereocenters. The first kappa shape index (κ1) is 15.2. The Morgan fingerprint density at radius 3 is 2.61 bits per heavy atom. The summed E-state index contributed by atoms with van der Waals surface area (Å²) in [5.41, 5.74) is 2.22. The Morgan fingerprint density at radius 1 is 1.17 bits per heavy atom. The number of aromatic nitrogens is 2. The molecule has 0 saturated carbocycles. The average Bonchev–Trinajstić information content (AvgIpc) is 3.10. The SMILES string of the molecule is O=C(/C=C/c1ccc(-n2ccnc2)cc1)c1ccc(F)c(Cl)c1. The van der Waals surface area contributed by atoms with E-state index in [2.05, 4.69) is 4.98 Å². The average molecular weight is 327 g/mol. The van der Waals surface area contributed by atoms with Crippen LogP contribution in [0.2, 0.25) is 5.02 Å². The zero-order valence-electron chi connectivity index (χ0n) is 12.0. The predicted molar refractivity (Wildman–Crippen MR) is 88.3 cm³/mol. The fourth-order valence-corrected chi connectivity index (χ4v) is 2.27. The van der Waals surface area contributed by atoms with Crippen LogP contribution in [0, 0.1) is 5.82 Å². The van der Waals surface area contributed by atoms with Gasteiger partial charge in [-0.25, -0.2) is 9.37 Å². The number of benzene rings is 2. The van der Waals surface area contributed by atoms with Crippen LogP contribution in [0.15, 0.2) is 67.3 Å². The maximum Gasteiger partial charge on any atom is 0.185 e. The minimum atomic E-state index is -0.540. The van der Waals surface area contributed by atoms with Gasteiger partial charge in [-0.15, -0.1) is 0 Å². The lowest BCUT2D eigenvalue weighted by atomic mass is 10.1. The minimum absolute atomic E-state index is 0.0612. The van der Waals surface area contributed by atoms with Crippen molar-refractivity contribution in [3.63, 3.8) is 0 Å². The molecule has 0 spiro atoms. The topological polar surface area (TPSA) is 34.9 Å². The summed E-state index contributed by atoms with van der Waals surface area (Å²) in [6, 6.07) is 11.6. The van der Waals surface area contributed by atoms with Gasteiger partial charge in [-0.05, 0) is 42.0 Å². The first-order chi connectivity index (χ1) is 11.1. The molecule has 0 saturated heterocycles. The van der Waals surface area contributed by atoms with Crippen molar-refractivity contribution < 1.29 is 9.18 Å². The number of rotatable bonds is 4. The molecule has 3 nitrogen and oxygen atoms in total. The van der Waals surface area contributed by atoms with E-state index in [1.165, 1.54) is 24.3 Å². The number of allylic oxidation sites excluding steroid dienone is 1. The Kier molecular flexibility index (Phi) is 4.35. The van der Waals surface area contributed by atoms with Gasteiger partial charge in [0.25, 0.3) is 0 Å². The molecule has 0 amide bonds. The van der Waals surface area contributed by atoms with Crippen molar-refractivity contribution in [1.29, 1.82) is 0 Å². The van der Waals surface area contributed by atoms with Gasteiger partial charge in [-0.2, -0.15) is 0 Å². The van der Waals surface area contributed by atoms with Gasteiger partial charge in [0.2, 0.25) is 0 Å². The van der Waals surface area contributed by atoms with E-state index in [-0.39, 0.29) is 10.8 Å². The molecule has 3 aromatic rings. The number of carbonyl (C=O) groups is 1. The van der Waals surface area contributed by atoms with Gasteiger partial charge in [0.15, 0.2) is 5.78 Å². The van der Waals surface area contributed by atoms with Crippen LogP contribution < -0.4 is 0 Å². The molecule has 0 radical (unpaired) electrons. The Morgan fingerprint density at radius 2 is 1.96 bits per heavy atom. The zero-order chi connectivity index (χ0) is 16.2. The third-order valence-electron chi connectivity index (χ3n) is 3.33. The summed E-state index contributed by atoms with van der Waals surface area (Å²) in [4.78, 5) is 16.0. The second-order valence-electron chi connectivity index (χ2n) is 4.89. The van der Waals surface area contributed by atoms with Gasteiger partial charge >= 0.3 is 0 Å². The lowest BCUT2D eigenvalue weighted by molar-refractivity contribution is 0.104. The number of halogens is 2. The summed E-state index contributed by atoms with van der Waals surface area (Å²) in [5.74, 6) is -0.770. The molecule has 0 bridgehead atoms. The highest BCUT2D eigenvalue weighted by atomic mass is 35.5. The standard InChI is InChI=1S/C18H12ClFN2O/c19-16-11-14(4-7-17(16)20)18(23)8-3-13-1-5-15(6-2-13)22-10-9-21-12-22/h1-12H/b8-3+. The molecule has 0 fully saturated rings. The summed E-state index contributed by atoms with van der Waals surface area (Å²) >= 11 is 5.68. The quantitative estimate of drug-likeness (QED) is 0.520. The zero-order valence-corrected chi connectivity index (χ0v) is 12.7. The van der Waals surface area contributed by atoms with E-state index in [1.807, 2.05) is 35.0 Å². The maximum absolute atomic E-state index is 13.1. The van der Waals surface area contributed by atoms with Gasteiger partial charge in [0.05, 0.1) is 11.3 Å². The van der Waals surface area contributed by atoms with E-state index in [0.717, 1.165) is 11.3 Å². The Hall–Kier alpha value is -2.72. The molecular formula is C18H12ClFN2O. The molecule has 2 aromatic carbocycles. The van der Waals surface area contributed by atoms with Gasteiger partial charge in [0, 0.05) is 23.6 Å². The molecule has 0 unspecified atom stereocenters. The predicted octanol–water partition coefficient (Wildman–Crippen LogP) is 4.56. The van der Waals surface area contributed by atoms with Crippen LogP contribution >= 0.6 is 11.6 Å². The van der Waals surface area contributed by atoms with Gasteiger partial charge in [0.1, 0.15) is 5.82 Å². The Labute approximate surface area is 137 Å². The van der Waals surface area contributed by atoms with Crippen LogP contribution in [0.4, 0.5) is 4.39 Å². The molecule has 1 aromatic heterocycles. The third kappa shape index (κ3) is 3.55. The highest BCUT2D eigenvalue weighted by molar-refractivity contribution is 6.31. The molecule has 0 aliphatic heterocycles. The molecule has 5 heteroatoms. The molecule has 0 N–H and O–H groups in total. The summed E-state index contributed by atoms with van der Waals surface area (Å²) in [6.45, 7) is 0. The van der Waals surface area contributed by atoms with E-state index in [4.69, 9.17) is 11.6 Å². The van der Waals surface area contributed by atoms with Crippen LogP contribution in [0.3, 0.4) is 0 Å². The fraction of sp³-hybridized carbons (Fsp3) is 0. The Bertz CT molecular complexity index is 855. The summed E-state index contributed by atoms with van der Waals surface area (Å²) < 4.78 is 15.0. The smallest absolute Gasteiger partial charge is 0.185 e. The number of carbonyl (C=O) groups excluding carboxylic acids is 1. The molecule has 0 aliphatic rings. The number of hydrogen-bond donors (Lipinski definition) is 0. The maximum atomic E-state index is 13.1. The van der Waals surface area contributed by atoms with E-state index in [9.17, 15) is 9.18 Å². The number of ketones is 1. The monoisotopic (exact) mass is 326 g/mol. The highest BCUT2D eigenvalue weighted by Gasteiger charge is 2.06. The summed E-state index contributed by atoms with van der Waals surface area (Å²) in [5, 5.41) is -0.0612. The van der Waals surface area contributed by atoms with Crippen LogP contribution in [0.5, 0.6) is 0 Å². The number of nitrogens with zero attached hydrogens (tertiary/aromatic N) is 2. The highest BCUT2D eigenvalue weighted by Crippen LogP contribution is 2.17. The van der Waals surface area contributed by atoms with Gasteiger partial charge < -0.3 is 4.57 Å². The van der Waals surface area contributed by atoms with E-state index in [0.29, 0.717) is 5.56 Å². The Balaban J connectivity index is 1.74. The third-order valence-corrected chi connectivity index (χ3v) is 3.62. The lowest BCUT2D eigenvalue weighted by Gasteiger charge is -2.02. The molecule has 1 heterocycles. The summed E-state index contributed by atoms with van der Waals surface area (Å²) in [6.07, 6.45) is 8.42. The largest absolute Gasteiger partial charge is 0.306 e. The fourth-order valence-electron chi connectivity index (χ4n) is 2.09. The molecule has 114 valence electrons. The van der Waals surface area contributed by atoms with Crippen molar-refractivity contribution in [1.82, 2.24) is 9.55 Å². The van der Waals surface area contributed by atoms with Crippen molar-refractivity contribution in [2.75, 3.05) is 0 Å². The number of imidazole rings is 1. The van der Waals surface area contributed by atoms with Crippen LogP contribution in [0.25, 0.3) is 11.8 Å². The van der Waals surface area contributed by atoms with Crippen molar-refractivity contribution in [3.8, 4) is 5.69 Å². The van der Waals surface area contributed by atoms with Crippen LogP contribution in [0.1, 0.15) is 15.9 Å². The first-order valence-electron chi connectivity index (χ1n) is 6.89. The second kappa shape index (κ2) is 6.58. The molecule has 0 aliphatic carbocycles. The van der Waals surface area contributed by atoms with E-state index < -0.39 is 5.82 Å². The van der Waals surface area contributed by atoms with Gasteiger partial charge in [-0.1, -0.05) is 29.8 Å². The first-order valence-corrected chi connectivity index (χ1v) is 7.27. The van der Waals surface area contributed by atoms with Gasteiger partial charge in [-0.3, -0.25) is 4.79 Å². The molecule has 23 heavy (non-hydrogen) atoms. The summed E-state index contributed by atoms with van der Waals surface area (Å²) in [7, 11) is 0. The normalized spacial score (nSPS) is 11.0. The van der Waals surface area contributed by atoms with Crippen LogP contribution in [-0.4, -0.2) is 15.3 Å². The van der Waals surface area contributed by atoms with E-state index >= 15 is 0 Å². The van der Waals surface area contributed by atoms with Crippen molar-refractivity contribution in [2.24, 2.45) is 0 Å². The van der Waals surface area contributed by atoms with Crippen LogP contribution in [-0.2, 0) is 0 Å². The molecule has 3 rings (SSSR count). The second-order valence-corrected chi connectivity index (χ2v) is 5.30. The lowest BCUT2D eigenvalue weighted by Crippen LogP contribution is -1.95. The van der Waals surface area contributed by atoms with Crippen molar-refractivity contribution >= 4 is 23.5 Å². The van der Waals surface area contributed by atoms with E-state index in [1.54, 1.807) is 18.6 Å². The number of hydrogen-bond acceptors (Lipinski definition) is 2. The minimum Gasteiger partial charge on any atom is -0.306 e.